The summed E-state index contributed by atoms with van der Waals surface area (Å²) in [5.74, 6) is -1.23. The predicted molar refractivity (Wildman–Crippen MR) is 87.7 cm³/mol. The summed E-state index contributed by atoms with van der Waals surface area (Å²) in [6.07, 6.45) is 6.39. The first-order chi connectivity index (χ1) is 11.5. The van der Waals surface area contributed by atoms with Crippen LogP contribution in [0.3, 0.4) is 0 Å². The fraction of sp³-hybridized carbons (Fsp3) is 0.529. The third-order valence-corrected chi connectivity index (χ3v) is 4.19. The number of amides is 1. The number of hydrogen-bond acceptors (Lipinski definition) is 5. The van der Waals surface area contributed by atoms with Gasteiger partial charge >= 0.3 is 5.97 Å². The van der Waals surface area contributed by atoms with Crippen molar-refractivity contribution in [3.63, 3.8) is 0 Å². The van der Waals surface area contributed by atoms with Crippen LogP contribution in [0.25, 0.3) is 0 Å². The Morgan fingerprint density at radius 2 is 1.92 bits per heavy atom. The van der Waals surface area contributed by atoms with Gasteiger partial charge in [0.2, 0.25) is 0 Å². The van der Waals surface area contributed by atoms with E-state index in [0.29, 0.717) is 5.56 Å². The van der Waals surface area contributed by atoms with Gasteiger partial charge in [0.1, 0.15) is 5.56 Å². The molecule has 7 nitrogen and oxygen atoms in total. The first kappa shape index (κ1) is 17.9. The second-order valence-electron chi connectivity index (χ2n) is 6.06. The number of benzene rings is 1. The molecule has 1 aromatic rings. The lowest BCUT2D eigenvalue weighted by molar-refractivity contribution is -0.385. The zero-order chi connectivity index (χ0) is 17.5. The second kappa shape index (κ2) is 8.42. The molecule has 0 aliphatic heterocycles. The molecule has 0 atom stereocenters. The van der Waals surface area contributed by atoms with Crippen LogP contribution in [0.5, 0.6) is 0 Å². The monoisotopic (exact) mass is 334 g/mol. The topological polar surface area (TPSA) is 98.5 Å². The molecule has 0 saturated heterocycles. The van der Waals surface area contributed by atoms with Crippen molar-refractivity contribution < 1.29 is 19.2 Å². The Bertz CT molecular complexity index is 621. The Labute approximate surface area is 140 Å². The number of nitro benzene ring substituents is 1. The molecule has 1 aliphatic rings. The summed E-state index contributed by atoms with van der Waals surface area (Å²) in [7, 11) is 0. The average Bonchev–Trinajstić information content (AvgIpc) is 2.80. The van der Waals surface area contributed by atoms with E-state index in [4.69, 9.17) is 4.74 Å². The number of nitrogens with one attached hydrogen (secondary N) is 1. The maximum Gasteiger partial charge on any atom is 0.345 e. The summed E-state index contributed by atoms with van der Waals surface area (Å²) in [5.41, 5.74) is -0.0497. The van der Waals surface area contributed by atoms with Gasteiger partial charge in [0.15, 0.2) is 6.61 Å². The van der Waals surface area contributed by atoms with Crippen LogP contribution in [0.15, 0.2) is 18.2 Å². The Morgan fingerprint density at radius 3 is 2.54 bits per heavy atom. The highest BCUT2D eigenvalue weighted by Crippen LogP contribution is 2.23. The number of rotatable bonds is 5. The van der Waals surface area contributed by atoms with Crippen molar-refractivity contribution in [1.82, 2.24) is 5.32 Å². The van der Waals surface area contributed by atoms with E-state index in [0.717, 1.165) is 25.7 Å². The number of nitro groups is 1. The number of ether oxygens (including phenoxy) is 1. The van der Waals surface area contributed by atoms with E-state index in [9.17, 15) is 19.7 Å². The summed E-state index contributed by atoms with van der Waals surface area (Å²) in [4.78, 5) is 34.5. The minimum atomic E-state index is -0.860. The highest BCUT2D eigenvalue weighted by molar-refractivity contribution is 5.95. The number of hydrogen-bond donors (Lipinski definition) is 1. The van der Waals surface area contributed by atoms with Crippen LogP contribution in [-0.4, -0.2) is 29.4 Å². The van der Waals surface area contributed by atoms with Gasteiger partial charge < -0.3 is 10.1 Å². The average molecular weight is 334 g/mol. The van der Waals surface area contributed by atoms with Crippen LogP contribution >= 0.6 is 0 Å². The minimum absolute atomic E-state index is 0.118. The van der Waals surface area contributed by atoms with Crippen molar-refractivity contribution >= 4 is 17.6 Å². The molecule has 1 aliphatic carbocycles. The first-order valence-corrected chi connectivity index (χ1v) is 8.19. The largest absolute Gasteiger partial charge is 0.452 e. The Hall–Kier alpha value is -2.44. The molecular formula is C17H22N2O5. The van der Waals surface area contributed by atoms with Crippen LogP contribution in [0.2, 0.25) is 0 Å². The molecule has 7 heteroatoms. The molecule has 0 heterocycles. The van der Waals surface area contributed by atoms with E-state index in [1.165, 1.54) is 18.9 Å². The molecular weight excluding hydrogens is 312 g/mol. The summed E-state index contributed by atoms with van der Waals surface area (Å²) >= 11 is 0. The Morgan fingerprint density at radius 1 is 1.25 bits per heavy atom. The second-order valence-corrected chi connectivity index (χ2v) is 6.06. The van der Waals surface area contributed by atoms with Crippen LogP contribution in [0.4, 0.5) is 5.69 Å². The van der Waals surface area contributed by atoms with Gasteiger partial charge in [-0.25, -0.2) is 4.79 Å². The molecule has 1 saturated carbocycles. The van der Waals surface area contributed by atoms with E-state index in [-0.39, 0.29) is 23.2 Å². The first-order valence-electron chi connectivity index (χ1n) is 8.19. The van der Waals surface area contributed by atoms with Gasteiger partial charge in [-0.05, 0) is 25.8 Å². The van der Waals surface area contributed by atoms with Crippen molar-refractivity contribution in [3.05, 3.63) is 39.4 Å². The third kappa shape index (κ3) is 4.78. The SMILES string of the molecule is Cc1cccc(C(=O)OCC(=O)NC2CCCCCC2)c1[N+](=O)[O-]. The molecule has 130 valence electrons. The molecule has 1 aromatic carbocycles. The Balaban J connectivity index is 1.92. The number of carbonyl (C=O) groups is 2. The highest BCUT2D eigenvalue weighted by Gasteiger charge is 2.24. The molecule has 0 unspecified atom stereocenters. The molecule has 1 N–H and O–H groups in total. The molecule has 0 bridgehead atoms. The normalized spacial score (nSPS) is 15.4. The maximum atomic E-state index is 12.1. The quantitative estimate of drug-likeness (QED) is 0.386. The fourth-order valence-electron chi connectivity index (χ4n) is 2.97. The van der Waals surface area contributed by atoms with Crippen molar-refractivity contribution in [2.24, 2.45) is 0 Å². The summed E-state index contributed by atoms with van der Waals surface area (Å²) in [6, 6.07) is 4.54. The highest BCUT2D eigenvalue weighted by atomic mass is 16.6. The lowest BCUT2D eigenvalue weighted by atomic mass is 10.1. The van der Waals surface area contributed by atoms with E-state index in [2.05, 4.69) is 5.32 Å². The zero-order valence-corrected chi connectivity index (χ0v) is 13.7. The van der Waals surface area contributed by atoms with Gasteiger partial charge in [0.05, 0.1) is 4.92 Å². The zero-order valence-electron chi connectivity index (χ0n) is 13.7. The number of aryl methyl sites for hydroxylation is 1. The molecule has 0 spiro atoms. The standard InChI is InChI=1S/C17H22N2O5/c1-12-7-6-10-14(16(12)19(22)23)17(21)24-11-15(20)18-13-8-4-2-3-5-9-13/h6-7,10,13H,2-5,8-9,11H2,1H3,(H,18,20). The smallest absolute Gasteiger partial charge is 0.345 e. The minimum Gasteiger partial charge on any atom is -0.452 e. The van der Waals surface area contributed by atoms with Gasteiger partial charge in [0.25, 0.3) is 11.6 Å². The Kier molecular flexibility index (Phi) is 6.28. The van der Waals surface area contributed by atoms with Gasteiger partial charge in [-0.2, -0.15) is 0 Å². The van der Waals surface area contributed by atoms with Crippen molar-refractivity contribution in [3.8, 4) is 0 Å². The van der Waals surface area contributed by atoms with Crippen LogP contribution in [-0.2, 0) is 9.53 Å². The van der Waals surface area contributed by atoms with Crippen molar-refractivity contribution in [2.45, 2.75) is 51.5 Å². The van der Waals surface area contributed by atoms with Crippen LogP contribution in [0.1, 0.15) is 54.4 Å². The number of nitrogens with zero attached hydrogens (tertiary/aromatic N) is 1. The van der Waals surface area contributed by atoms with E-state index < -0.39 is 17.5 Å². The molecule has 1 amide bonds. The lowest BCUT2D eigenvalue weighted by Crippen LogP contribution is -2.37. The molecule has 2 rings (SSSR count). The number of para-hydroxylation sites is 1. The predicted octanol–water partition coefficient (Wildman–Crippen LogP) is 2.90. The van der Waals surface area contributed by atoms with Crippen LogP contribution < -0.4 is 5.32 Å². The number of esters is 1. The van der Waals surface area contributed by atoms with E-state index in [1.807, 2.05) is 0 Å². The fourth-order valence-corrected chi connectivity index (χ4v) is 2.97. The van der Waals surface area contributed by atoms with Crippen LogP contribution in [0, 0.1) is 17.0 Å². The summed E-state index contributed by atoms with van der Waals surface area (Å²) < 4.78 is 4.95. The molecule has 0 aromatic heterocycles. The van der Waals surface area contributed by atoms with E-state index in [1.54, 1.807) is 19.1 Å². The van der Waals surface area contributed by atoms with Crippen molar-refractivity contribution in [1.29, 1.82) is 0 Å². The van der Waals surface area contributed by atoms with Gasteiger partial charge in [-0.15, -0.1) is 0 Å². The molecule has 0 radical (unpaired) electrons. The van der Waals surface area contributed by atoms with E-state index >= 15 is 0 Å². The summed E-state index contributed by atoms with van der Waals surface area (Å²) in [5, 5.41) is 14.0. The van der Waals surface area contributed by atoms with Gasteiger partial charge in [-0.3, -0.25) is 14.9 Å². The van der Waals surface area contributed by atoms with Gasteiger partial charge in [-0.1, -0.05) is 37.8 Å². The maximum absolute atomic E-state index is 12.1. The van der Waals surface area contributed by atoms with Crippen molar-refractivity contribution in [2.75, 3.05) is 6.61 Å². The molecule has 24 heavy (non-hydrogen) atoms. The summed E-state index contributed by atoms with van der Waals surface area (Å²) in [6.45, 7) is 1.12. The molecule has 1 fully saturated rings. The third-order valence-electron chi connectivity index (χ3n) is 4.19. The lowest BCUT2D eigenvalue weighted by Gasteiger charge is -2.16. The van der Waals surface area contributed by atoms with Gasteiger partial charge in [0, 0.05) is 11.6 Å². The number of carbonyl (C=O) groups excluding carboxylic acids is 2.